The van der Waals surface area contributed by atoms with E-state index in [0.717, 1.165) is 37.3 Å². The van der Waals surface area contributed by atoms with Crippen molar-refractivity contribution in [3.05, 3.63) is 116 Å². The lowest BCUT2D eigenvalue weighted by atomic mass is 9.94. The molecule has 2 aliphatic rings. The van der Waals surface area contributed by atoms with Crippen LogP contribution in [0.2, 0.25) is 0 Å². The van der Waals surface area contributed by atoms with Crippen LogP contribution in [-0.4, -0.2) is 56.3 Å². The summed E-state index contributed by atoms with van der Waals surface area (Å²) in [7, 11) is 2.61. The van der Waals surface area contributed by atoms with Crippen LogP contribution >= 0.6 is 0 Å². The number of carbonyl (C=O) groups excluding carboxylic acids is 2. The largest absolute Gasteiger partial charge is 0.496 e. The van der Waals surface area contributed by atoms with Crippen LogP contribution in [-0.2, 0) is 11.1 Å². The molecule has 6 N–H and O–H groups in total. The standard InChI is InChI=1S/C22H22F2N4O5.C22H24F2N4O3/c1-22(2,25-3)12-5-8-15(16(9-12)28(30)31)26-14-10-17(32-4)19(18(11-14)33-21(23)24)20(29)27-13-6-7-13;1-22(2,26-3)12-5-8-16(15(25)9-12)27-14-10-17(30-4)19(18(11-14)31-21(23)24)20(29)28-13-6-7-13/h5,8-11,13,21,26H,6-7H2,1-2,4H3,(H,27,29);5,8-11,13,21,27H,6-7,25H2,1-2,4H3,(H,28,29). The number of methoxy groups -OCH3 is 2. The van der Waals surface area contributed by atoms with Crippen molar-refractivity contribution in [1.82, 2.24) is 10.6 Å². The quantitative estimate of drug-likeness (QED) is 0.0223. The summed E-state index contributed by atoms with van der Waals surface area (Å²) in [4.78, 5) is 43.3. The van der Waals surface area contributed by atoms with Gasteiger partial charge < -0.3 is 55.6 Å². The maximum Gasteiger partial charge on any atom is 0.387 e. The van der Waals surface area contributed by atoms with Gasteiger partial charge >= 0.3 is 13.2 Å². The number of nitrogens with zero attached hydrogens (tertiary/aromatic N) is 3. The lowest BCUT2D eigenvalue weighted by Crippen LogP contribution is -2.27. The van der Waals surface area contributed by atoms with Crippen LogP contribution < -0.4 is 45.9 Å². The van der Waals surface area contributed by atoms with Gasteiger partial charge in [-0.2, -0.15) is 17.6 Å². The second kappa shape index (κ2) is 19.7. The fourth-order valence-electron chi connectivity index (χ4n) is 6.11. The molecule has 0 heterocycles. The van der Waals surface area contributed by atoms with E-state index in [1.807, 2.05) is 0 Å². The third-order valence-electron chi connectivity index (χ3n) is 10.1. The number of ether oxygens (including phenoxy) is 4. The van der Waals surface area contributed by atoms with Gasteiger partial charge in [-0.15, -0.1) is 0 Å². The van der Waals surface area contributed by atoms with E-state index in [1.54, 1.807) is 52.0 Å². The van der Waals surface area contributed by atoms with E-state index in [2.05, 4.69) is 40.4 Å². The van der Waals surface area contributed by atoms with E-state index in [1.165, 1.54) is 44.6 Å². The average Bonchev–Trinajstić information content (AvgIpc) is 4.19. The molecule has 0 aromatic heterocycles. The second-order valence-corrected chi connectivity index (χ2v) is 15.7. The van der Waals surface area contributed by atoms with E-state index in [0.29, 0.717) is 22.6 Å². The van der Waals surface area contributed by atoms with Gasteiger partial charge in [-0.3, -0.25) is 19.7 Å². The van der Waals surface area contributed by atoms with Gasteiger partial charge in [-0.1, -0.05) is 0 Å². The first kappa shape index (κ1) is 47.6. The molecule has 0 radical (unpaired) electrons. The topological polar surface area (TPSA) is 197 Å². The fraction of sp³-hybridized carbons (Fsp3) is 0.364. The molecule has 16 nitrogen and oxygen atoms in total. The molecular weight excluding hydrogens is 845 g/mol. The first-order valence-electron chi connectivity index (χ1n) is 19.7. The number of carbonyl (C=O) groups is 2. The molecule has 0 atom stereocenters. The van der Waals surface area contributed by atoms with E-state index in [9.17, 15) is 37.3 Å². The monoisotopic (exact) mass is 890 g/mol. The Balaban J connectivity index is 0.000000241. The van der Waals surface area contributed by atoms with Gasteiger partial charge in [0.25, 0.3) is 28.6 Å². The van der Waals surface area contributed by atoms with Crippen molar-refractivity contribution < 1.29 is 51.0 Å². The minimum absolute atomic E-state index is 0.0275. The van der Waals surface area contributed by atoms with Crippen LogP contribution in [0.4, 0.5) is 51.7 Å². The highest BCUT2D eigenvalue weighted by atomic mass is 19.3. The van der Waals surface area contributed by atoms with Crippen molar-refractivity contribution in [3.8, 4) is 23.0 Å². The van der Waals surface area contributed by atoms with Crippen LogP contribution in [0, 0.1) is 23.3 Å². The predicted octanol–water partition coefficient (Wildman–Crippen LogP) is 9.66. The Bertz CT molecular complexity index is 2500. The zero-order valence-corrected chi connectivity index (χ0v) is 35.6. The summed E-state index contributed by atoms with van der Waals surface area (Å²) < 4.78 is 71.9. The van der Waals surface area contributed by atoms with Gasteiger partial charge in [0.2, 0.25) is 0 Å². The van der Waals surface area contributed by atoms with Crippen LogP contribution in [0.15, 0.2) is 60.7 Å². The van der Waals surface area contributed by atoms with E-state index >= 15 is 0 Å². The molecule has 4 aromatic carbocycles. The van der Waals surface area contributed by atoms with E-state index in [4.69, 9.17) is 28.4 Å². The van der Waals surface area contributed by atoms with Gasteiger partial charge in [0, 0.05) is 92.6 Å². The molecule has 20 heteroatoms. The van der Waals surface area contributed by atoms with Crippen molar-refractivity contribution in [2.24, 2.45) is 0 Å². The molecule has 2 fully saturated rings. The van der Waals surface area contributed by atoms with Gasteiger partial charge in [0.05, 0.1) is 30.5 Å². The summed E-state index contributed by atoms with van der Waals surface area (Å²) in [5.74, 6) is -1.84. The smallest absolute Gasteiger partial charge is 0.387 e. The highest BCUT2D eigenvalue weighted by molar-refractivity contribution is 6.02. The number of hydrogen-bond donors (Lipinski definition) is 5. The normalized spacial score (nSPS) is 13.3. The predicted molar refractivity (Wildman–Crippen MR) is 230 cm³/mol. The van der Waals surface area contributed by atoms with Crippen molar-refractivity contribution >= 4 is 45.9 Å². The van der Waals surface area contributed by atoms with Crippen molar-refractivity contribution in [3.63, 3.8) is 0 Å². The van der Waals surface area contributed by atoms with Gasteiger partial charge in [-0.05, 0) is 56.0 Å². The van der Waals surface area contributed by atoms with E-state index < -0.39 is 46.8 Å². The number of nitrogen functional groups attached to an aromatic ring is 1. The maximum absolute atomic E-state index is 13.1. The molecule has 338 valence electrons. The van der Waals surface area contributed by atoms with Crippen molar-refractivity contribution in [2.75, 3.05) is 30.6 Å². The average molecular weight is 891 g/mol. The summed E-state index contributed by atoms with van der Waals surface area (Å²) in [5, 5.41) is 22.9. The fourth-order valence-corrected chi connectivity index (χ4v) is 6.11. The molecule has 0 spiro atoms. The summed E-state index contributed by atoms with van der Waals surface area (Å²) >= 11 is 0. The zero-order chi connectivity index (χ0) is 47.1. The highest BCUT2D eigenvalue weighted by Gasteiger charge is 2.32. The number of nitrogens with two attached hydrogens (primary N) is 1. The zero-order valence-electron chi connectivity index (χ0n) is 35.6. The lowest BCUT2D eigenvalue weighted by Gasteiger charge is -2.18. The molecule has 4 aromatic rings. The Morgan fingerprint density at radius 2 is 1.09 bits per heavy atom. The van der Waals surface area contributed by atoms with Crippen LogP contribution in [0.1, 0.15) is 85.2 Å². The number of anilines is 5. The molecule has 0 aliphatic heterocycles. The lowest BCUT2D eigenvalue weighted by molar-refractivity contribution is -0.384. The number of alkyl halides is 4. The van der Waals surface area contributed by atoms with Gasteiger partial charge in [0.15, 0.2) is 0 Å². The van der Waals surface area contributed by atoms with Crippen molar-refractivity contribution in [1.29, 1.82) is 0 Å². The number of benzene rings is 4. The Kier molecular flexibility index (Phi) is 14.6. The summed E-state index contributed by atoms with van der Waals surface area (Å²) in [6.45, 7) is 15.1. The number of nitrogens with one attached hydrogen (secondary N) is 4. The number of nitro groups is 1. The van der Waals surface area contributed by atoms with Crippen LogP contribution in [0.5, 0.6) is 23.0 Å². The van der Waals surface area contributed by atoms with E-state index in [-0.39, 0.29) is 57.5 Å². The molecule has 2 saturated carbocycles. The third-order valence-corrected chi connectivity index (χ3v) is 10.1. The number of nitro benzene ring substituents is 1. The molecule has 2 aliphatic carbocycles. The SMILES string of the molecule is [C-]#[N+]C(C)(C)c1ccc(Nc2cc(OC)c(C(=O)NC3CC3)c(OC(F)F)c2)c(N)c1.[C-]#[N+]C(C)(C)c1ccc(Nc2cc(OC)c(C(=O)NC3CC3)c(OC(F)F)c2)c([N+](=O)[O-])c1. The summed E-state index contributed by atoms with van der Waals surface area (Å²) in [6, 6.07) is 14.8. The highest BCUT2D eigenvalue weighted by Crippen LogP contribution is 2.40. The third kappa shape index (κ3) is 11.9. The molecular formula is C44H46F4N8O8. The second-order valence-electron chi connectivity index (χ2n) is 15.7. The number of rotatable bonds is 17. The summed E-state index contributed by atoms with van der Waals surface area (Å²) in [6.07, 6.45) is 3.28. The number of amides is 2. The van der Waals surface area contributed by atoms with Crippen LogP contribution in [0.3, 0.4) is 0 Å². The first-order chi connectivity index (χ1) is 30.2. The first-order valence-corrected chi connectivity index (χ1v) is 19.7. The van der Waals surface area contributed by atoms with Crippen LogP contribution in [0.25, 0.3) is 9.69 Å². The molecule has 0 bridgehead atoms. The number of hydrogen-bond acceptors (Lipinski definition) is 11. The molecule has 0 saturated heterocycles. The number of halogens is 4. The molecule has 6 rings (SSSR count). The van der Waals surface area contributed by atoms with Gasteiger partial charge in [0.1, 0.15) is 39.8 Å². The molecule has 64 heavy (non-hydrogen) atoms. The van der Waals surface area contributed by atoms with Crippen molar-refractivity contribution in [2.45, 2.75) is 89.8 Å². The maximum atomic E-state index is 13.1. The Labute approximate surface area is 366 Å². The summed E-state index contributed by atoms with van der Waals surface area (Å²) in [5.41, 5.74) is 6.44. The minimum Gasteiger partial charge on any atom is -0.496 e. The van der Waals surface area contributed by atoms with Gasteiger partial charge in [-0.25, -0.2) is 13.1 Å². The minimum atomic E-state index is -3.21. The Morgan fingerprint density at radius 1 is 0.703 bits per heavy atom. The molecule has 0 unspecified atom stereocenters. The molecule has 2 amide bonds. The Morgan fingerprint density at radius 3 is 1.45 bits per heavy atom. The Hall–Kier alpha value is -7.48.